The van der Waals surface area contributed by atoms with Crippen molar-refractivity contribution in [1.29, 1.82) is 0 Å². The predicted molar refractivity (Wildman–Crippen MR) is 113 cm³/mol. The summed E-state index contributed by atoms with van der Waals surface area (Å²) < 4.78 is 2.85. The van der Waals surface area contributed by atoms with Gasteiger partial charge >= 0.3 is 0 Å². The smallest absolute Gasteiger partial charge is 0.0433 e. The summed E-state index contributed by atoms with van der Waals surface area (Å²) >= 11 is 1.95. The number of thiophene rings is 1. The van der Waals surface area contributed by atoms with Gasteiger partial charge in [-0.05, 0) is 34.1 Å². The van der Waals surface area contributed by atoms with Gasteiger partial charge in [0.2, 0.25) is 0 Å². The van der Waals surface area contributed by atoms with Crippen molar-refractivity contribution in [2.45, 2.75) is 39.5 Å². The molecule has 4 rings (SSSR count). The van der Waals surface area contributed by atoms with Crippen LogP contribution < -0.4 is 0 Å². The third-order valence-corrected chi connectivity index (χ3v) is 6.34. The third-order valence-electron chi connectivity index (χ3n) is 5.04. The molecule has 0 fully saturated rings. The Hall–Kier alpha value is -2.12. The number of hydrogen-bond acceptors (Lipinski definition) is 1. The Bertz CT molecular complexity index is 1050. The van der Waals surface area contributed by atoms with Crippen LogP contribution in [0, 0.1) is 0 Å². The van der Waals surface area contributed by atoms with E-state index in [2.05, 4.69) is 88.4 Å². The van der Waals surface area contributed by atoms with Crippen LogP contribution in [0.4, 0.5) is 0 Å². The van der Waals surface area contributed by atoms with Crippen molar-refractivity contribution in [3.05, 3.63) is 71.8 Å². The molecule has 0 amide bonds. The minimum atomic E-state index is 0.546. The van der Waals surface area contributed by atoms with E-state index in [0.717, 1.165) is 0 Å². The highest BCUT2D eigenvalue weighted by Crippen LogP contribution is 2.42. The van der Waals surface area contributed by atoms with E-state index in [1.165, 1.54) is 42.4 Å². The Morgan fingerprint density at radius 3 is 2.08 bits per heavy atom. The summed E-state index contributed by atoms with van der Waals surface area (Å²) in [5, 5.41) is 2.78. The molecule has 1 heterocycles. The zero-order valence-electron chi connectivity index (χ0n) is 15.3. The van der Waals surface area contributed by atoms with Crippen molar-refractivity contribution in [2.24, 2.45) is 0 Å². The van der Waals surface area contributed by atoms with Gasteiger partial charge in [-0.3, -0.25) is 0 Å². The van der Waals surface area contributed by atoms with E-state index >= 15 is 0 Å². The Kier molecular flexibility index (Phi) is 4.13. The summed E-state index contributed by atoms with van der Waals surface area (Å²) in [6.07, 6.45) is 0. The maximum Gasteiger partial charge on any atom is 0.0433 e. The van der Waals surface area contributed by atoms with Crippen LogP contribution in [0.25, 0.3) is 31.3 Å². The first kappa shape index (κ1) is 16.4. The Balaban J connectivity index is 2.01. The van der Waals surface area contributed by atoms with Crippen LogP contribution >= 0.6 is 11.3 Å². The van der Waals surface area contributed by atoms with E-state index in [1.807, 2.05) is 11.3 Å². The number of hydrogen-bond donors (Lipinski definition) is 0. The van der Waals surface area contributed by atoms with Gasteiger partial charge in [-0.2, -0.15) is 0 Å². The van der Waals surface area contributed by atoms with Gasteiger partial charge in [0.25, 0.3) is 0 Å². The zero-order chi connectivity index (χ0) is 17.6. The standard InChI is InChI=1S/C24H24S/c1-15(2)17-8-5-9-18(14-17)20-11-7-13-22-21-12-6-10-19(16(3)4)23(21)25-24(20)22/h5-16H,1-4H3. The molecular weight excluding hydrogens is 320 g/mol. The molecule has 0 unspecified atom stereocenters. The topological polar surface area (TPSA) is 0 Å². The lowest BCUT2D eigenvalue weighted by molar-refractivity contribution is 0.867. The molecule has 0 aliphatic heterocycles. The second-order valence-corrected chi connectivity index (χ2v) is 8.46. The summed E-state index contributed by atoms with van der Waals surface area (Å²) in [6.45, 7) is 9.08. The Morgan fingerprint density at radius 2 is 1.36 bits per heavy atom. The summed E-state index contributed by atoms with van der Waals surface area (Å²) in [6, 6.07) is 22.5. The fraction of sp³-hybridized carbons (Fsp3) is 0.250. The maximum atomic E-state index is 2.35. The van der Waals surface area contributed by atoms with Gasteiger partial charge in [0.1, 0.15) is 0 Å². The van der Waals surface area contributed by atoms with E-state index in [9.17, 15) is 0 Å². The highest BCUT2D eigenvalue weighted by atomic mass is 32.1. The lowest BCUT2D eigenvalue weighted by atomic mass is 9.96. The summed E-state index contributed by atoms with van der Waals surface area (Å²) in [4.78, 5) is 0. The van der Waals surface area contributed by atoms with Crippen molar-refractivity contribution in [2.75, 3.05) is 0 Å². The number of fused-ring (bicyclic) bond motifs is 3. The molecule has 0 radical (unpaired) electrons. The molecule has 4 aromatic rings. The summed E-state index contributed by atoms with van der Waals surface area (Å²) in [5.74, 6) is 1.10. The minimum absolute atomic E-state index is 0.546. The van der Waals surface area contributed by atoms with Crippen LogP contribution in [0.15, 0.2) is 60.7 Å². The molecule has 1 aromatic heterocycles. The Morgan fingerprint density at radius 1 is 0.680 bits per heavy atom. The predicted octanol–water partition coefficient (Wildman–Crippen LogP) is 7.97. The van der Waals surface area contributed by atoms with Gasteiger partial charge in [-0.25, -0.2) is 0 Å². The molecule has 0 spiro atoms. The summed E-state index contributed by atoms with van der Waals surface area (Å²) in [7, 11) is 0. The lowest BCUT2D eigenvalue weighted by Gasteiger charge is -2.09. The van der Waals surface area contributed by atoms with Crippen LogP contribution in [-0.2, 0) is 0 Å². The highest BCUT2D eigenvalue weighted by Gasteiger charge is 2.14. The van der Waals surface area contributed by atoms with Crippen molar-refractivity contribution in [1.82, 2.24) is 0 Å². The van der Waals surface area contributed by atoms with Crippen molar-refractivity contribution in [3.8, 4) is 11.1 Å². The average Bonchev–Trinajstić information content (AvgIpc) is 3.00. The van der Waals surface area contributed by atoms with Gasteiger partial charge in [0.05, 0.1) is 0 Å². The zero-order valence-corrected chi connectivity index (χ0v) is 16.2. The maximum absolute atomic E-state index is 2.35. The SMILES string of the molecule is CC(C)c1cccc(-c2cccc3c2sc2c(C(C)C)cccc23)c1. The van der Waals surface area contributed by atoms with E-state index < -0.39 is 0 Å². The summed E-state index contributed by atoms with van der Waals surface area (Å²) in [5.41, 5.74) is 5.55. The lowest BCUT2D eigenvalue weighted by Crippen LogP contribution is -1.87. The van der Waals surface area contributed by atoms with Gasteiger partial charge in [0, 0.05) is 20.2 Å². The van der Waals surface area contributed by atoms with E-state index in [-0.39, 0.29) is 0 Å². The fourth-order valence-corrected chi connectivity index (χ4v) is 5.09. The molecule has 0 saturated heterocycles. The Labute approximate surface area is 154 Å². The average molecular weight is 345 g/mol. The molecule has 0 saturated carbocycles. The number of rotatable bonds is 3. The molecule has 0 N–H and O–H groups in total. The largest absolute Gasteiger partial charge is 0.134 e. The van der Waals surface area contributed by atoms with E-state index in [1.54, 1.807) is 0 Å². The third kappa shape index (κ3) is 2.77. The normalized spacial score (nSPS) is 11.9. The first-order valence-corrected chi connectivity index (χ1v) is 9.92. The van der Waals surface area contributed by atoms with Gasteiger partial charge < -0.3 is 0 Å². The number of benzene rings is 3. The molecule has 25 heavy (non-hydrogen) atoms. The minimum Gasteiger partial charge on any atom is -0.134 e. The van der Waals surface area contributed by atoms with Crippen molar-refractivity contribution >= 4 is 31.5 Å². The van der Waals surface area contributed by atoms with Crippen molar-refractivity contribution in [3.63, 3.8) is 0 Å². The molecule has 0 bridgehead atoms. The second kappa shape index (κ2) is 6.31. The first-order valence-electron chi connectivity index (χ1n) is 9.10. The van der Waals surface area contributed by atoms with Crippen LogP contribution in [0.1, 0.15) is 50.7 Å². The molecule has 0 atom stereocenters. The van der Waals surface area contributed by atoms with Crippen LogP contribution in [0.2, 0.25) is 0 Å². The molecule has 0 aliphatic rings. The monoisotopic (exact) mass is 344 g/mol. The van der Waals surface area contributed by atoms with Gasteiger partial charge in [-0.15, -0.1) is 11.3 Å². The van der Waals surface area contributed by atoms with Gasteiger partial charge in [0.15, 0.2) is 0 Å². The van der Waals surface area contributed by atoms with Crippen LogP contribution in [-0.4, -0.2) is 0 Å². The van der Waals surface area contributed by atoms with E-state index in [4.69, 9.17) is 0 Å². The van der Waals surface area contributed by atoms with E-state index in [0.29, 0.717) is 11.8 Å². The second-order valence-electron chi connectivity index (χ2n) is 7.44. The van der Waals surface area contributed by atoms with Crippen LogP contribution in [0.3, 0.4) is 0 Å². The highest BCUT2D eigenvalue weighted by molar-refractivity contribution is 7.26. The first-order chi connectivity index (χ1) is 12.1. The molecular formula is C24H24S. The van der Waals surface area contributed by atoms with Gasteiger partial charge in [-0.1, -0.05) is 88.4 Å². The quantitative estimate of drug-likeness (QED) is 0.353. The molecule has 1 heteroatoms. The molecule has 3 aromatic carbocycles. The fourth-order valence-electron chi connectivity index (χ4n) is 3.59. The van der Waals surface area contributed by atoms with Crippen LogP contribution in [0.5, 0.6) is 0 Å². The van der Waals surface area contributed by atoms with Crippen molar-refractivity contribution < 1.29 is 0 Å². The molecule has 126 valence electrons. The molecule has 0 aliphatic carbocycles. The molecule has 0 nitrogen and oxygen atoms in total.